The van der Waals surface area contributed by atoms with Gasteiger partial charge >= 0.3 is 0 Å². The fraction of sp³-hybridized carbons (Fsp3) is 0.0870. The highest BCUT2D eigenvalue weighted by molar-refractivity contribution is 7.16. The number of aromatic nitrogens is 1. The second-order valence-corrected chi connectivity index (χ2v) is 7.44. The Balaban J connectivity index is 1.52. The standard InChI is InChI=1S/C23H25N5S/c1-17(26-15-14-18-8-4-2-5-9-18)21-16-27-23(29-21)28-22(25)13-12-20(24)19-10-6-3-7-11-19/h2-13,16,26H,1,14-15,24-25H2,(H,27,28)/b20-12-,22-13+. The van der Waals surface area contributed by atoms with Gasteiger partial charge in [-0.1, -0.05) is 78.6 Å². The molecule has 0 aliphatic heterocycles. The van der Waals surface area contributed by atoms with Crippen molar-refractivity contribution in [2.75, 3.05) is 11.9 Å². The first kappa shape index (κ1) is 20.2. The minimum atomic E-state index is 0.465. The van der Waals surface area contributed by atoms with E-state index in [1.54, 1.807) is 18.3 Å². The summed E-state index contributed by atoms with van der Waals surface area (Å²) in [7, 11) is 0. The molecule has 6 heteroatoms. The number of rotatable bonds is 9. The molecule has 1 aromatic heterocycles. The summed E-state index contributed by atoms with van der Waals surface area (Å²) in [5, 5.41) is 7.13. The van der Waals surface area contributed by atoms with E-state index < -0.39 is 0 Å². The lowest BCUT2D eigenvalue weighted by atomic mass is 10.1. The van der Waals surface area contributed by atoms with E-state index in [2.05, 4.69) is 34.3 Å². The zero-order valence-electron chi connectivity index (χ0n) is 16.1. The second-order valence-electron chi connectivity index (χ2n) is 6.41. The Morgan fingerprint density at radius 1 is 1.00 bits per heavy atom. The molecular formula is C23H25N5S. The monoisotopic (exact) mass is 403 g/mol. The number of anilines is 1. The Bertz CT molecular complexity index is 990. The van der Waals surface area contributed by atoms with Gasteiger partial charge in [-0.25, -0.2) is 4.98 Å². The molecule has 0 saturated heterocycles. The van der Waals surface area contributed by atoms with Gasteiger partial charge in [0.15, 0.2) is 5.13 Å². The molecule has 0 unspecified atom stereocenters. The molecule has 1 heterocycles. The van der Waals surface area contributed by atoms with Crippen molar-refractivity contribution in [3.05, 3.63) is 107 Å². The van der Waals surface area contributed by atoms with Crippen LogP contribution in [0, 0.1) is 0 Å². The van der Waals surface area contributed by atoms with Crippen molar-refractivity contribution in [2.24, 2.45) is 11.5 Å². The highest BCUT2D eigenvalue weighted by atomic mass is 32.1. The molecule has 2 aromatic carbocycles. The lowest BCUT2D eigenvalue weighted by Gasteiger charge is -2.07. The summed E-state index contributed by atoms with van der Waals surface area (Å²) in [6.45, 7) is 4.92. The van der Waals surface area contributed by atoms with Crippen molar-refractivity contribution in [3.63, 3.8) is 0 Å². The Kier molecular flexibility index (Phi) is 7.08. The molecule has 0 aliphatic rings. The van der Waals surface area contributed by atoms with E-state index in [1.807, 2.05) is 48.5 Å². The second kappa shape index (κ2) is 10.1. The van der Waals surface area contributed by atoms with Crippen LogP contribution >= 0.6 is 11.3 Å². The van der Waals surface area contributed by atoms with E-state index in [-0.39, 0.29) is 0 Å². The number of hydrogen-bond acceptors (Lipinski definition) is 6. The third-order valence-corrected chi connectivity index (χ3v) is 5.17. The number of nitrogens with one attached hydrogen (secondary N) is 2. The van der Waals surface area contributed by atoms with E-state index in [0.29, 0.717) is 16.6 Å². The molecule has 0 saturated carbocycles. The maximum Gasteiger partial charge on any atom is 0.188 e. The van der Waals surface area contributed by atoms with Gasteiger partial charge in [0, 0.05) is 24.1 Å². The van der Waals surface area contributed by atoms with Crippen molar-refractivity contribution in [3.8, 4) is 0 Å². The highest BCUT2D eigenvalue weighted by Gasteiger charge is 2.06. The molecule has 29 heavy (non-hydrogen) atoms. The van der Waals surface area contributed by atoms with Gasteiger partial charge in [0.25, 0.3) is 0 Å². The van der Waals surface area contributed by atoms with Crippen molar-refractivity contribution < 1.29 is 0 Å². The molecule has 3 rings (SSSR count). The van der Waals surface area contributed by atoms with Gasteiger partial charge in [-0.2, -0.15) is 0 Å². The number of allylic oxidation sites excluding steroid dienone is 2. The van der Waals surface area contributed by atoms with Crippen molar-refractivity contribution >= 4 is 27.9 Å². The fourth-order valence-corrected chi connectivity index (χ4v) is 3.42. The van der Waals surface area contributed by atoms with E-state index in [1.165, 1.54) is 16.9 Å². The topological polar surface area (TPSA) is 89.0 Å². The van der Waals surface area contributed by atoms with E-state index >= 15 is 0 Å². The Hall–Kier alpha value is -3.51. The van der Waals surface area contributed by atoms with Gasteiger partial charge in [0.2, 0.25) is 0 Å². The van der Waals surface area contributed by atoms with Gasteiger partial charge in [-0.05, 0) is 29.7 Å². The molecule has 6 N–H and O–H groups in total. The molecular weight excluding hydrogens is 378 g/mol. The van der Waals surface area contributed by atoms with Crippen LogP contribution < -0.4 is 22.1 Å². The van der Waals surface area contributed by atoms with Gasteiger partial charge in [-0.3, -0.25) is 0 Å². The first-order valence-corrected chi connectivity index (χ1v) is 10.1. The Morgan fingerprint density at radius 3 is 2.41 bits per heavy atom. The number of hydrogen-bond donors (Lipinski definition) is 4. The summed E-state index contributed by atoms with van der Waals surface area (Å²) in [6.07, 6.45) is 6.23. The van der Waals surface area contributed by atoms with E-state index in [4.69, 9.17) is 11.5 Å². The lowest BCUT2D eigenvalue weighted by molar-refractivity contribution is 0.851. The molecule has 0 amide bonds. The molecule has 0 fully saturated rings. The summed E-state index contributed by atoms with van der Waals surface area (Å²) in [6, 6.07) is 20.1. The van der Waals surface area contributed by atoms with Crippen LogP contribution in [-0.2, 0) is 6.42 Å². The zero-order chi connectivity index (χ0) is 20.5. The third kappa shape index (κ3) is 6.26. The fourth-order valence-electron chi connectivity index (χ4n) is 2.63. The smallest absolute Gasteiger partial charge is 0.188 e. The average Bonchev–Trinajstić information content (AvgIpc) is 3.22. The molecule has 0 aliphatic carbocycles. The van der Waals surface area contributed by atoms with Gasteiger partial charge in [0.1, 0.15) is 5.82 Å². The minimum Gasteiger partial charge on any atom is -0.398 e. The molecule has 0 spiro atoms. The van der Waals surface area contributed by atoms with Gasteiger partial charge in [-0.15, -0.1) is 0 Å². The maximum atomic E-state index is 6.07. The first-order chi connectivity index (χ1) is 14.1. The SMILES string of the molecule is C=C(NCCc1ccccc1)c1cnc(N/C(N)=C/C=C(\N)c2ccccc2)s1. The molecule has 0 atom stereocenters. The van der Waals surface area contributed by atoms with Crippen LogP contribution in [0.15, 0.2) is 91.4 Å². The quantitative estimate of drug-likeness (QED) is 0.403. The maximum absolute atomic E-state index is 6.07. The van der Waals surface area contributed by atoms with Crippen LogP contribution in [0.2, 0.25) is 0 Å². The predicted molar refractivity (Wildman–Crippen MR) is 124 cm³/mol. The molecule has 0 bridgehead atoms. The number of nitrogens with zero attached hydrogens (tertiary/aromatic N) is 1. The molecule has 148 valence electrons. The summed E-state index contributed by atoms with van der Waals surface area (Å²) in [5.41, 5.74) is 15.8. The molecule has 0 radical (unpaired) electrons. The summed E-state index contributed by atoms with van der Waals surface area (Å²) >= 11 is 1.49. The third-order valence-electron chi connectivity index (χ3n) is 4.20. The van der Waals surface area contributed by atoms with Crippen LogP contribution in [0.1, 0.15) is 16.0 Å². The van der Waals surface area contributed by atoms with Crippen LogP contribution in [0.3, 0.4) is 0 Å². The Labute approximate surface area is 175 Å². The normalized spacial score (nSPS) is 11.9. The van der Waals surface area contributed by atoms with E-state index in [9.17, 15) is 0 Å². The van der Waals surface area contributed by atoms with Crippen molar-refractivity contribution in [1.29, 1.82) is 0 Å². The number of nitrogens with two attached hydrogens (primary N) is 2. The van der Waals surface area contributed by atoms with Crippen molar-refractivity contribution in [1.82, 2.24) is 10.3 Å². The number of thiazole rings is 1. The zero-order valence-corrected chi connectivity index (χ0v) is 17.0. The molecule has 5 nitrogen and oxygen atoms in total. The highest BCUT2D eigenvalue weighted by Crippen LogP contribution is 2.23. The van der Waals surface area contributed by atoms with Crippen LogP contribution in [-0.4, -0.2) is 11.5 Å². The first-order valence-electron chi connectivity index (χ1n) is 9.30. The van der Waals surface area contributed by atoms with Crippen molar-refractivity contribution in [2.45, 2.75) is 6.42 Å². The van der Waals surface area contributed by atoms with Crippen LogP contribution in [0.5, 0.6) is 0 Å². The molecule has 3 aromatic rings. The van der Waals surface area contributed by atoms with Gasteiger partial charge in [0.05, 0.1) is 4.88 Å². The number of benzene rings is 2. The summed E-state index contributed by atoms with van der Waals surface area (Å²) < 4.78 is 0. The van der Waals surface area contributed by atoms with E-state index in [0.717, 1.165) is 29.1 Å². The largest absolute Gasteiger partial charge is 0.398 e. The predicted octanol–water partition coefficient (Wildman–Crippen LogP) is 4.16. The van der Waals surface area contributed by atoms with Crippen LogP contribution in [0.25, 0.3) is 11.4 Å². The Morgan fingerprint density at radius 2 is 1.69 bits per heavy atom. The minimum absolute atomic E-state index is 0.465. The van der Waals surface area contributed by atoms with Gasteiger partial charge < -0.3 is 22.1 Å². The summed E-state index contributed by atoms with van der Waals surface area (Å²) in [4.78, 5) is 5.33. The lowest BCUT2D eigenvalue weighted by Crippen LogP contribution is -2.14. The summed E-state index contributed by atoms with van der Waals surface area (Å²) in [5.74, 6) is 0.465. The van der Waals surface area contributed by atoms with Crippen LogP contribution in [0.4, 0.5) is 5.13 Å². The average molecular weight is 404 g/mol.